The molecule has 0 spiro atoms. The predicted octanol–water partition coefficient (Wildman–Crippen LogP) is 4.61. The lowest BCUT2D eigenvalue weighted by atomic mass is 9.73. The second kappa shape index (κ2) is 4.82. The van der Waals surface area contributed by atoms with Gasteiger partial charge in [0.2, 0.25) is 0 Å². The highest BCUT2D eigenvalue weighted by atomic mass is 16.3. The molecule has 2 aromatic carbocycles. The van der Waals surface area contributed by atoms with Gasteiger partial charge in [0, 0.05) is 0 Å². The lowest BCUT2D eigenvalue weighted by Crippen LogP contribution is -2.36. The summed E-state index contributed by atoms with van der Waals surface area (Å²) in [6.07, 6.45) is 0. The van der Waals surface area contributed by atoms with Crippen LogP contribution in [-0.4, -0.2) is 5.11 Å². The largest absolute Gasteiger partial charge is 0.385 e. The summed E-state index contributed by atoms with van der Waals surface area (Å²) in [7, 11) is 0. The van der Waals surface area contributed by atoms with Gasteiger partial charge < -0.3 is 5.11 Å². The molecule has 0 aliphatic heterocycles. The highest BCUT2D eigenvalue weighted by Gasteiger charge is 2.36. The Bertz CT molecular complexity index is 530. The maximum atomic E-state index is 10.7. The molecule has 0 amide bonds. The highest BCUT2D eigenvalue weighted by Crippen LogP contribution is 2.39. The van der Waals surface area contributed by atoms with Gasteiger partial charge in [-0.25, -0.2) is 0 Å². The zero-order chi connectivity index (χ0) is 14.1. The molecule has 0 aromatic heterocycles. The van der Waals surface area contributed by atoms with Gasteiger partial charge in [-0.1, -0.05) is 75.4 Å². The van der Waals surface area contributed by atoms with E-state index in [9.17, 15) is 5.11 Å². The van der Waals surface area contributed by atoms with Crippen LogP contribution in [0.25, 0.3) is 11.1 Å². The summed E-state index contributed by atoms with van der Waals surface area (Å²) < 4.78 is 0. The Balaban J connectivity index is 2.35. The fraction of sp³-hybridized carbons (Fsp3) is 0.333. The van der Waals surface area contributed by atoms with Crippen LogP contribution >= 0.6 is 0 Å². The van der Waals surface area contributed by atoms with Crippen molar-refractivity contribution in [1.29, 1.82) is 0 Å². The summed E-state index contributed by atoms with van der Waals surface area (Å²) in [4.78, 5) is 0. The van der Waals surface area contributed by atoms with Crippen molar-refractivity contribution in [3.05, 3.63) is 60.2 Å². The van der Waals surface area contributed by atoms with Gasteiger partial charge in [-0.3, -0.25) is 0 Å². The van der Waals surface area contributed by atoms with Gasteiger partial charge in [0.25, 0.3) is 0 Å². The Morgan fingerprint density at radius 1 is 0.684 bits per heavy atom. The number of hydrogen-bond acceptors (Lipinski definition) is 1. The number of benzene rings is 2. The summed E-state index contributed by atoms with van der Waals surface area (Å²) in [5.74, 6) is 0. The van der Waals surface area contributed by atoms with E-state index in [1.165, 1.54) is 11.1 Å². The van der Waals surface area contributed by atoms with Gasteiger partial charge in [0.1, 0.15) is 0 Å². The minimum atomic E-state index is -0.831. The molecule has 0 bridgehead atoms. The first-order valence-electron chi connectivity index (χ1n) is 6.71. The van der Waals surface area contributed by atoms with Crippen LogP contribution in [-0.2, 0) is 5.60 Å². The first kappa shape index (κ1) is 13.8. The van der Waals surface area contributed by atoms with E-state index in [1.54, 1.807) is 0 Å². The van der Waals surface area contributed by atoms with Crippen molar-refractivity contribution in [1.82, 2.24) is 0 Å². The molecule has 1 unspecified atom stereocenters. The summed E-state index contributed by atoms with van der Waals surface area (Å²) in [6.45, 7) is 8.04. The molecule has 1 N–H and O–H groups in total. The molecule has 2 aromatic rings. The third-order valence-corrected chi connectivity index (χ3v) is 4.01. The van der Waals surface area contributed by atoms with E-state index < -0.39 is 5.60 Å². The zero-order valence-corrected chi connectivity index (χ0v) is 12.1. The second-order valence-electron chi connectivity index (χ2n) is 6.27. The SMILES string of the molecule is CC(C)(C)C(C)(O)c1ccc(-c2ccccc2)cc1. The molecule has 19 heavy (non-hydrogen) atoms. The third kappa shape index (κ3) is 2.71. The van der Waals surface area contributed by atoms with Crippen molar-refractivity contribution in [2.75, 3.05) is 0 Å². The Hall–Kier alpha value is -1.60. The van der Waals surface area contributed by atoms with Crippen molar-refractivity contribution in [3.63, 3.8) is 0 Å². The van der Waals surface area contributed by atoms with E-state index in [4.69, 9.17) is 0 Å². The Morgan fingerprint density at radius 3 is 1.63 bits per heavy atom. The fourth-order valence-corrected chi connectivity index (χ4v) is 2.05. The summed E-state index contributed by atoms with van der Waals surface area (Å²) in [5.41, 5.74) is 2.31. The Kier molecular flexibility index (Phi) is 3.51. The molecule has 0 saturated heterocycles. The van der Waals surface area contributed by atoms with Crippen LogP contribution < -0.4 is 0 Å². The quantitative estimate of drug-likeness (QED) is 0.830. The fourth-order valence-electron chi connectivity index (χ4n) is 2.05. The zero-order valence-electron chi connectivity index (χ0n) is 12.1. The van der Waals surface area contributed by atoms with Crippen molar-refractivity contribution in [2.45, 2.75) is 33.3 Å². The van der Waals surface area contributed by atoms with Crippen molar-refractivity contribution >= 4 is 0 Å². The highest BCUT2D eigenvalue weighted by molar-refractivity contribution is 5.63. The summed E-state index contributed by atoms with van der Waals surface area (Å²) in [5, 5.41) is 10.7. The van der Waals surface area contributed by atoms with Crippen LogP contribution in [0.4, 0.5) is 0 Å². The van der Waals surface area contributed by atoms with Gasteiger partial charge in [-0.15, -0.1) is 0 Å². The molecular weight excluding hydrogens is 232 g/mol. The van der Waals surface area contributed by atoms with Crippen molar-refractivity contribution in [3.8, 4) is 11.1 Å². The number of hydrogen-bond donors (Lipinski definition) is 1. The monoisotopic (exact) mass is 254 g/mol. The summed E-state index contributed by atoms with van der Waals surface area (Å²) >= 11 is 0. The number of aliphatic hydroxyl groups is 1. The van der Waals surface area contributed by atoms with Crippen LogP contribution in [0.15, 0.2) is 54.6 Å². The second-order valence-corrected chi connectivity index (χ2v) is 6.27. The average Bonchev–Trinajstić information content (AvgIpc) is 2.39. The maximum absolute atomic E-state index is 10.7. The predicted molar refractivity (Wildman–Crippen MR) is 80.9 cm³/mol. The summed E-state index contributed by atoms with van der Waals surface area (Å²) in [6, 6.07) is 18.5. The van der Waals surface area contributed by atoms with Gasteiger partial charge in [-0.2, -0.15) is 0 Å². The molecule has 0 fully saturated rings. The average molecular weight is 254 g/mol. The standard InChI is InChI=1S/C18H22O/c1-17(2,3)18(4,19)16-12-10-15(11-13-16)14-8-6-5-7-9-14/h5-13,19H,1-4H3. The van der Waals surface area contributed by atoms with E-state index in [0.717, 1.165) is 5.56 Å². The molecule has 1 heteroatoms. The topological polar surface area (TPSA) is 20.2 Å². The van der Waals surface area contributed by atoms with E-state index in [0.29, 0.717) is 0 Å². The minimum absolute atomic E-state index is 0.193. The first-order valence-corrected chi connectivity index (χ1v) is 6.71. The van der Waals surface area contributed by atoms with Gasteiger partial charge in [-0.05, 0) is 29.0 Å². The molecule has 2 rings (SSSR count). The number of rotatable bonds is 2. The molecule has 0 aliphatic carbocycles. The molecule has 0 radical (unpaired) electrons. The van der Waals surface area contributed by atoms with E-state index in [1.807, 2.05) is 37.3 Å². The normalized spacial score (nSPS) is 15.0. The molecule has 1 atom stereocenters. The van der Waals surface area contributed by atoms with Crippen LogP contribution in [0.1, 0.15) is 33.3 Å². The van der Waals surface area contributed by atoms with E-state index >= 15 is 0 Å². The molecular formula is C18H22O. The maximum Gasteiger partial charge on any atom is 0.0916 e. The van der Waals surface area contributed by atoms with Gasteiger partial charge >= 0.3 is 0 Å². The Morgan fingerprint density at radius 2 is 1.16 bits per heavy atom. The first-order chi connectivity index (χ1) is 8.82. The van der Waals surface area contributed by atoms with Crippen molar-refractivity contribution < 1.29 is 5.11 Å². The Labute approximate surface area is 115 Å². The molecule has 0 saturated carbocycles. The third-order valence-electron chi connectivity index (χ3n) is 4.01. The molecule has 0 aliphatic rings. The van der Waals surface area contributed by atoms with Crippen LogP contribution in [0.5, 0.6) is 0 Å². The van der Waals surface area contributed by atoms with Crippen LogP contribution in [0.3, 0.4) is 0 Å². The lowest BCUT2D eigenvalue weighted by Gasteiger charge is -2.37. The lowest BCUT2D eigenvalue weighted by molar-refractivity contribution is -0.0470. The van der Waals surface area contributed by atoms with E-state index in [-0.39, 0.29) is 5.41 Å². The van der Waals surface area contributed by atoms with Crippen LogP contribution in [0, 0.1) is 5.41 Å². The van der Waals surface area contributed by atoms with E-state index in [2.05, 4.69) is 45.0 Å². The van der Waals surface area contributed by atoms with Gasteiger partial charge in [0.05, 0.1) is 5.60 Å². The van der Waals surface area contributed by atoms with Gasteiger partial charge in [0.15, 0.2) is 0 Å². The molecule has 1 nitrogen and oxygen atoms in total. The smallest absolute Gasteiger partial charge is 0.0916 e. The molecule has 0 heterocycles. The molecule has 100 valence electrons. The van der Waals surface area contributed by atoms with Crippen molar-refractivity contribution in [2.24, 2.45) is 5.41 Å². The minimum Gasteiger partial charge on any atom is -0.385 e. The van der Waals surface area contributed by atoms with Crippen LogP contribution in [0.2, 0.25) is 0 Å².